The molecule has 2 nitrogen and oxygen atoms in total. The summed E-state index contributed by atoms with van der Waals surface area (Å²) in [5.74, 6) is -0.202. The van der Waals surface area contributed by atoms with Gasteiger partial charge in [-0.1, -0.05) is 6.07 Å². The fourth-order valence-corrected chi connectivity index (χ4v) is 3.25. The number of aromatic hydroxyl groups is 1. The van der Waals surface area contributed by atoms with E-state index in [2.05, 4.69) is 0 Å². The smallest absolute Gasteiger partial charge is 0.168 e. The second-order valence-corrected chi connectivity index (χ2v) is 4.95. The first-order valence-corrected chi connectivity index (χ1v) is 5.69. The Hall–Kier alpha value is -1.09. The lowest BCUT2D eigenvalue weighted by molar-refractivity contribution is 0.177. The molecule has 2 aliphatic carbocycles. The third-order valence-electron chi connectivity index (χ3n) is 4.15. The van der Waals surface area contributed by atoms with E-state index in [0.29, 0.717) is 12.5 Å². The van der Waals surface area contributed by atoms with E-state index in [4.69, 9.17) is 4.74 Å². The molecule has 2 aliphatic rings. The highest BCUT2D eigenvalue weighted by atomic mass is 19.1. The van der Waals surface area contributed by atoms with Crippen molar-refractivity contribution in [1.29, 1.82) is 0 Å². The molecule has 3 heteroatoms. The van der Waals surface area contributed by atoms with Gasteiger partial charge in [-0.15, -0.1) is 0 Å². The van der Waals surface area contributed by atoms with Crippen LogP contribution in [-0.2, 0) is 16.6 Å². The Morgan fingerprint density at radius 3 is 3.12 bits per heavy atom. The van der Waals surface area contributed by atoms with Gasteiger partial charge >= 0.3 is 0 Å². The molecular formula is C13H15FO2. The average molecular weight is 222 g/mol. The summed E-state index contributed by atoms with van der Waals surface area (Å²) < 4.78 is 19.1. The monoisotopic (exact) mass is 222 g/mol. The lowest BCUT2D eigenvalue weighted by atomic mass is 9.94. The molecule has 2 unspecified atom stereocenters. The van der Waals surface area contributed by atoms with Crippen LogP contribution in [0.15, 0.2) is 12.1 Å². The third kappa shape index (κ3) is 1.15. The summed E-state index contributed by atoms with van der Waals surface area (Å²) in [7, 11) is 1.68. The zero-order chi connectivity index (χ0) is 11.3. The first-order chi connectivity index (χ1) is 7.69. The molecule has 1 spiro atoms. The number of hydrogen-bond donors (Lipinski definition) is 1. The summed E-state index contributed by atoms with van der Waals surface area (Å²) in [5, 5.41) is 9.45. The van der Waals surface area contributed by atoms with Crippen molar-refractivity contribution in [3.8, 4) is 5.75 Å². The second kappa shape index (κ2) is 3.20. The molecule has 0 bridgehead atoms. The Bertz CT molecular complexity index is 444. The molecule has 0 amide bonds. The molecule has 1 aromatic carbocycles. The Balaban J connectivity index is 2.03. The van der Waals surface area contributed by atoms with Gasteiger partial charge in [0.25, 0.3) is 0 Å². The Kier molecular flexibility index (Phi) is 2.02. The Morgan fingerprint density at radius 1 is 1.56 bits per heavy atom. The number of fused-ring (bicyclic) bond motifs is 2. The molecule has 86 valence electrons. The molecule has 0 radical (unpaired) electrons. The van der Waals surface area contributed by atoms with Crippen LogP contribution in [-0.4, -0.2) is 18.8 Å². The van der Waals surface area contributed by atoms with Crippen molar-refractivity contribution in [2.24, 2.45) is 5.92 Å². The van der Waals surface area contributed by atoms with Crippen LogP contribution in [0.3, 0.4) is 0 Å². The van der Waals surface area contributed by atoms with E-state index in [-0.39, 0.29) is 11.2 Å². The van der Waals surface area contributed by atoms with Gasteiger partial charge < -0.3 is 9.84 Å². The van der Waals surface area contributed by atoms with Crippen LogP contribution in [0.1, 0.15) is 24.0 Å². The molecular weight excluding hydrogens is 207 g/mol. The van der Waals surface area contributed by atoms with E-state index in [9.17, 15) is 9.50 Å². The van der Waals surface area contributed by atoms with Crippen LogP contribution in [0, 0.1) is 11.7 Å². The van der Waals surface area contributed by atoms with Gasteiger partial charge in [-0.2, -0.15) is 0 Å². The number of benzene rings is 1. The number of rotatable bonds is 2. The van der Waals surface area contributed by atoms with Gasteiger partial charge in [0.1, 0.15) is 0 Å². The predicted octanol–water partition coefficient (Wildman–Crippen LogP) is 2.38. The normalized spacial score (nSPS) is 30.8. The molecule has 0 aromatic heterocycles. The van der Waals surface area contributed by atoms with Gasteiger partial charge in [0, 0.05) is 24.7 Å². The van der Waals surface area contributed by atoms with Crippen molar-refractivity contribution in [2.45, 2.75) is 24.7 Å². The van der Waals surface area contributed by atoms with Crippen molar-refractivity contribution >= 4 is 0 Å². The standard InChI is InChI=1S/C13H15FO2/c1-16-7-9-6-13(9)5-4-8-2-3-10(15)12(14)11(8)13/h2-3,9,15H,4-7H2,1H3. The number of aryl methyl sites for hydroxylation is 1. The minimum Gasteiger partial charge on any atom is -0.505 e. The van der Waals surface area contributed by atoms with Crippen molar-refractivity contribution in [3.05, 3.63) is 29.1 Å². The van der Waals surface area contributed by atoms with Crippen molar-refractivity contribution < 1.29 is 14.2 Å². The van der Waals surface area contributed by atoms with Crippen molar-refractivity contribution in [2.75, 3.05) is 13.7 Å². The summed E-state index contributed by atoms with van der Waals surface area (Å²) in [6.07, 6.45) is 2.91. The molecule has 1 aromatic rings. The fourth-order valence-electron chi connectivity index (χ4n) is 3.25. The molecule has 0 aliphatic heterocycles. The number of ether oxygens (including phenoxy) is 1. The highest BCUT2D eigenvalue weighted by Crippen LogP contribution is 2.62. The summed E-state index contributed by atoms with van der Waals surface area (Å²) in [6.45, 7) is 0.689. The van der Waals surface area contributed by atoms with Crippen molar-refractivity contribution in [3.63, 3.8) is 0 Å². The Morgan fingerprint density at radius 2 is 2.38 bits per heavy atom. The van der Waals surface area contributed by atoms with Crippen molar-refractivity contribution in [1.82, 2.24) is 0 Å². The predicted molar refractivity (Wildman–Crippen MR) is 58.0 cm³/mol. The first kappa shape index (κ1) is 10.1. The van der Waals surface area contributed by atoms with Gasteiger partial charge in [-0.25, -0.2) is 4.39 Å². The molecule has 1 saturated carbocycles. The molecule has 1 N–H and O–H groups in total. The molecule has 0 saturated heterocycles. The van der Waals surface area contributed by atoms with E-state index in [1.54, 1.807) is 7.11 Å². The van der Waals surface area contributed by atoms with Crippen LogP contribution in [0.4, 0.5) is 4.39 Å². The van der Waals surface area contributed by atoms with Gasteiger partial charge in [-0.05, 0) is 36.8 Å². The third-order valence-corrected chi connectivity index (χ3v) is 4.15. The second-order valence-electron chi connectivity index (χ2n) is 4.95. The number of phenolic OH excluding ortho intramolecular Hbond substituents is 1. The van der Waals surface area contributed by atoms with E-state index >= 15 is 0 Å². The lowest BCUT2D eigenvalue weighted by Gasteiger charge is -2.12. The summed E-state index contributed by atoms with van der Waals surface area (Å²) >= 11 is 0. The minimum absolute atomic E-state index is 0.0336. The summed E-state index contributed by atoms with van der Waals surface area (Å²) in [6, 6.07) is 3.31. The summed E-state index contributed by atoms with van der Waals surface area (Å²) in [5.41, 5.74) is 1.79. The van der Waals surface area contributed by atoms with Crippen LogP contribution in [0.2, 0.25) is 0 Å². The van der Waals surface area contributed by atoms with Crippen LogP contribution in [0.5, 0.6) is 5.75 Å². The van der Waals surface area contributed by atoms with Gasteiger partial charge in [-0.3, -0.25) is 0 Å². The lowest BCUT2D eigenvalue weighted by Crippen LogP contribution is -2.10. The zero-order valence-electron chi connectivity index (χ0n) is 9.29. The zero-order valence-corrected chi connectivity index (χ0v) is 9.29. The first-order valence-electron chi connectivity index (χ1n) is 5.69. The molecule has 16 heavy (non-hydrogen) atoms. The minimum atomic E-state index is -0.409. The maximum atomic E-state index is 14.0. The van der Waals surface area contributed by atoms with E-state index in [0.717, 1.165) is 30.4 Å². The molecule has 2 atom stereocenters. The van der Waals surface area contributed by atoms with Gasteiger partial charge in [0.2, 0.25) is 0 Å². The highest BCUT2D eigenvalue weighted by molar-refractivity contribution is 5.49. The van der Waals surface area contributed by atoms with E-state index < -0.39 is 5.82 Å². The Labute approximate surface area is 94.0 Å². The van der Waals surface area contributed by atoms with Gasteiger partial charge in [0.15, 0.2) is 11.6 Å². The molecule has 1 fully saturated rings. The van der Waals surface area contributed by atoms with Crippen LogP contribution >= 0.6 is 0 Å². The fraction of sp³-hybridized carbons (Fsp3) is 0.538. The number of methoxy groups -OCH3 is 1. The molecule has 3 rings (SSSR count). The van der Waals surface area contributed by atoms with Gasteiger partial charge in [0.05, 0.1) is 0 Å². The molecule has 0 heterocycles. The van der Waals surface area contributed by atoms with E-state index in [1.165, 1.54) is 6.07 Å². The topological polar surface area (TPSA) is 29.5 Å². The number of hydrogen-bond acceptors (Lipinski definition) is 2. The van der Waals surface area contributed by atoms with Crippen LogP contribution < -0.4 is 0 Å². The maximum Gasteiger partial charge on any atom is 0.168 e. The largest absolute Gasteiger partial charge is 0.505 e. The highest BCUT2D eigenvalue weighted by Gasteiger charge is 2.59. The average Bonchev–Trinajstić information content (AvgIpc) is 2.81. The quantitative estimate of drug-likeness (QED) is 0.832. The van der Waals surface area contributed by atoms with Crippen LogP contribution in [0.25, 0.3) is 0 Å². The number of halogens is 1. The maximum absolute atomic E-state index is 14.0. The summed E-state index contributed by atoms with van der Waals surface area (Å²) in [4.78, 5) is 0. The SMILES string of the molecule is COCC1CC12CCc1ccc(O)c(F)c12. The van der Waals surface area contributed by atoms with E-state index in [1.807, 2.05) is 6.07 Å². The number of phenols is 1.